The van der Waals surface area contributed by atoms with Crippen molar-refractivity contribution in [2.24, 2.45) is 5.92 Å². The second-order valence-electron chi connectivity index (χ2n) is 6.47. The Labute approximate surface area is 133 Å². The van der Waals surface area contributed by atoms with Gasteiger partial charge in [0.15, 0.2) is 11.5 Å². The number of piperidine rings is 1. The summed E-state index contributed by atoms with van der Waals surface area (Å²) in [6, 6.07) is 7.96. The summed E-state index contributed by atoms with van der Waals surface area (Å²) >= 11 is 0. The summed E-state index contributed by atoms with van der Waals surface area (Å²) in [5.74, 6) is 2.53. The summed E-state index contributed by atoms with van der Waals surface area (Å²) in [4.78, 5) is 2.56. The Morgan fingerprint density at radius 2 is 2.09 bits per heavy atom. The van der Waals surface area contributed by atoms with E-state index >= 15 is 0 Å². The summed E-state index contributed by atoms with van der Waals surface area (Å²) in [7, 11) is 0. The van der Waals surface area contributed by atoms with Crippen LogP contribution in [0.15, 0.2) is 24.3 Å². The quantitative estimate of drug-likeness (QED) is 0.876. The minimum atomic E-state index is 0.137. The lowest BCUT2D eigenvalue weighted by atomic mass is 9.99. The standard InChI is InChI=1S/C18H28N2O2/c1-2-10-20(12-15-6-5-9-19-11-15)13-16-14-21-17-7-3-4-8-18(17)22-16/h3-4,7-8,15-16,19H,2,5-6,9-14H2,1H3. The van der Waals surface area contributed by atoms with Crippen molar-refractivity contribution in [3.8, 4) is 11.5 Å². The van der Waals surface area contributed by atoms with Crippen LogP contribution in [0.2, 0.25) is 0 Å². The molecule has 0 saturated carbocycles. The fourth-order valence-electron chi connectivity index (χ4n) is 3.46. The van der Waals surface area contributed by atoms with E-state index in [0.29, 0.717) is 6.61 Å². The first-order valence-electron chi connectivity index (χ1n) is 8.66. The maximum Gasteiger partial charge on any atom is 0.161 e. The zero-order valence-corrected chi connectivity index (χ0v) is 13.6. The molecule has 0 amide bonds. The smallest absolute Gasteiger partial charge is 0.161 e. The second-order valence-corrected chi connectivity index (χ2v) is 6.47. The molecule has 0 aromatic heterocycles. The molecule has 1 fully saturated rings. The van der Waals surface area contributed by atoms with E-state index in [-0.39, 0.29) is 6.10 Å². The van der Waals surface area contributed by atoms with Crippen molar-refractivity contribution < 1.29 is 9.47 Å². The number of ether oxygens (including phenoxy) is 2. The number of nitrogens with zero attached hydrogens (tertiary/aromatic N) is 1. The molecule has 2 aliphatic rings. The van der Waals surface area contributed by atoms with Crippen molar-refractivity contribution in [1.29, 1.82) is 0 Å². The first-order chi connectivity index (χ1) is 10.8. The molecule has 122 valence electrons. The molecule has 1 N–H and O–H groups in total. The largest absolute Gasteiger partial charge is 0.486 e. The molecule has 0 radical (unpaired) electrons. The molecule has 1 aromatic rings. The lowest BCUT2D eigenvalue weighted by molar-refractivity contribution is 0.0526. The normalized spacial score (nSPS) is 24.5. The molecule has 0 aliphatic carbocycles. The minimum Gasteiger partial charge on any atom is -0.486 e. The van der Waals surface area contributed by atoms with E-state index in [9.17, 15) is 0 Å². The molecule has 2 heterocycles. The number of hydrogen-bond donors (Lipinski definition) is 1. The molecule has 0 bridgehead atoms. The highest BCUT2D eigenvalue weighted by Crippen LogP contribution is 2.31. The van der Waals surface area contributed by atoms with Crippen LogP contribution in [-0.2, 0) is 0 Å². The van der Waals surface area contributed by atoms with Crippen molar-refractivity contribution in [3.05, 3.63) is 24.3 Å². The van der Waals surface area contributed by atoms with Crippen LogP contribution in [0.3, 0.4) is 0 Å². The molecular formula is C18H28N2O2. The van der Waals surface area contributed by atoms with E-state index in [1.54, 1.807) is 0 Å². The van der Waals surface area contributed by atoms with Crippen LogP contribution in [0.5, 0.6) is 11.5 Å². The van der Waals surface area contributed by atoms with E-state index < -0.39 is 0 Å². The number of para-hydroxylation sites is 2. The van der Waals surface area contributed by atoms with Crippen LogP contribution in [0, 0.1) is 5.92 Å². The maximum absolute atomic E-state index is 6.12. The van der Waals surface area contributed by atoms with Crippen LogP contribution >= 0.6 is 0 Å². The molecule has 2 atom stereocenters. The highest BCUT2D eigenvalue weighted by atomic mass is 16.6. The van der Waals surface area contributed by atoms with Crippen LogP contribution < -0.4 is 14.8 Å². The van der Waals surface area contributed by atoms with Gasteiger partial charge in [-0.15, -0.1) is 0 Å². The lowest BCUT2D eigenvalue weighted by Gasteiger charge is -2.34. The summed E-state index contributed by atoms with van der Waals surface area (Å²) in [6.45, 7) is 8.50. The van der Waals surface area contributed by atoms with Crippen LogP contribution in [-0.4, -0.2) is 50.3 Å². The van der Waals surface area contributed by atoms with Crippen LogP contribution in [0.25, 0.3) is 0 Å². The predicted molar refractivity (Wildman–Crippen MR) is 88.7 cm³/mol. The van der Waals surface area contributed by atoms with Gasteiger partial charge in [0.05, 0.1) is 0 Å². The molecule has 3 rings (SSSR count). The van der Waals surface area contributed by atoms with Gasteiger partial charge in [0, 0.05) is 13.1 Å². The van der Waals surface area contributed by atoms with Gasteiger partial charge < -0.3 is 14.8 Å². The summed E-state index contributed by atoms with van der Waals surface area (Å²) < 4.78 is 12.0. The predicted octanol–water partition coefficient (Wildman–Crippen LogP) is 2.54. The molecule has 2 unspecified atom stereocenters. The highest BCUT2D eigenvalue weighted by Gasteiger charge is 2.24. The first-order valence-corrected chi connectivity index (χ1v) is 8.66. The lowest BCUT2D eigenvalue weighted by Crippen LogP contribution is -2.45. The van der Waals surface area contributed by atoms with E-state index in [2.05, 4.69) is 17.1 Å². The summed E-state index contributed by atoms with van der Waals surface area (Å²) in [6.07, 6.45) is 3.97. The van der Waals surface area contributed by atoms with Gasteiger partial charge in [0.1, 0.15) is 12.7 Å². The molecule has 2 aliphatic heterocycles. The molecule has 1 aromatic carbocycles. The fraction of sp³-hybridized carbons (Fsp3) is 0.667. The van der Waals surface area contributed by atoms with Crippen molar-refractivity contribution in [2.45, 2.75) is 32.3 Å². The Morgan fingerprint density at radius 3 is 2.86 bits per heavy atom. The average Bonchev–Trinajstić information content (AvgIpc) is 2.56. The minimum absolute atomic E-state index is 0.137. The van der Waals surface area contributed by atoms with E-state index in [1.807, 2.05) is 24.3 Å². The summed E-state index contributed by atoms with van der Waals surface area (Å²) in [5, 5.41) is 3.52. The second kappa shape index (κ2) is 7.84. The molecule has 4 heteroatoms. The van der Waals surface area contributed by atoms with Gasteiger partial charge >= 0.3 is 0 Å². The van der Waals surface area contributed by atoms with Crippen molar-refractivity contribution in [2.75, 3.05) is 39.3 Å². The Morgan fingerprint density at radius 1 is 1.23 bits per heavy atom. The van der Waals surface area contributed by atoms with Crippen molar-refractivity contribution in [1.82, 2.24) is 10.2 Å². The van der Waals surface area contributed by atoms with Gasteiger partial charge in [-0.2, -0.15) is 0 Å². The van der Waals surface area contributed by atoms with E-state index in [1.165, 1.54) is 32.4 Å². The third kappa shape index (κ3) is 4.14. The fourth-order valence-corrected chi connectivity index (χ4v) is 3.46. The monoisotopic (exact) mass is 304 g/mol. The number of benzene rings is 1. The van der Waals surface area contributed by atoms with Gasteiger partial charge in [-0.1, -0.05) is 19.1 Å². The molecular weight excluding hydrogens is 276 g/mol. The highest BCUT2D eigenvalue weighted by molar-refractivity contribution is 5.40. The van der Waals surface area contributed by atoms with Crippen LogP contribution in [0.1, 0.15) is 26.2 Å². The Bertz CT molecular complexity index is 460. The molecule has 1 saturated heterocycles. The number of hydrogen-bond acceptors (Lipinski definition) is 4. The Balaban J connectivity index is 1.54. The van der Waals surface area contributed by atoms with Crippen molar-refractivity contribution in [3.63, 3.8) is 0 Å². The topological polar surface area (TPSA) is 33.7 Å². The SMILES string of the molecule is CCCN(CC1CCCNC1)CC1COc2ccccc2O1. The Hall–Kier alpha value is -1.26. The zero-order valence-electron chi connectivity index (χ0n) is 13.6. The number of fused-ring (bicyclic) bond motifs is 1. The number of nitrogens with one attached hydrogen (secondary N) is 1. The third-order valence-corrected chi connectivity index (χ3v) is 4.48. The third-order valence-electron chi connectivity index (χ3n) is 4.48. The van der Waals surface area contributed by atoms with Gasteiger partial charge in [0.2, 0.25) is 0 Å². The van der Waals surface area contributed by atoms with Gasteiger partial charge in [0.25, 0.3) is 0 Å². The van der Waals surface area contributed by atoms with Crippen LogP contribution in [0.4, 0.5) is 0 Å². The van der Waals surface area contributed by atoms with Gasteiger partial charge in [-0.3, -0.25) is 4.90 Å². The molecule has 0 spiro atoms. The van der Waals surface area contributed by atoms with E-state index in [4.69, 9.17) is 9.47 Å². The maximum atomic E-state index is 6.12. The van der Waals surface area contributed by atoms with Gasteiger partial charge in [-0.05, 0) is 56.9 Å². The zero-order chi connectivity index (χ0) is 15.2. The average molecular weight is 304 g/mol. The molecule has 4 nitrogen and oxygen atoms in total. The Kier molecular flexibility index (Phi) is 5.57. The number of rotatable bonds is 6. The molecule has 22 heavy (non-hydrogen) atoms. The first kappa shape index (κ1) is 15.6. The van der Waals surface area contributed by atoms with E-state index in [0.717, 1.165) is 37.1 Å². The summed E-state index contributed by atoms with van der Waals surface area (Å²) in [5.41, 5.74) is 0. The van der Waals surface area contributed by atoms with Gasteiger partial charge in [-0.25, -0.2) is 0 Å². The van der Waals surface area contributed by atoms with Crippen molar-refractivity contribution >= 4 is 0 Å².